The molecule has 26 heavy (non-hydrogen) atoms. The zero-order valence-corrected chi connectivity index (χ0v) is 13.4. The van der Waals surface area contributed by atoms with E-state index in [1.165, 1.54) is 6.07 Å². The van der Waals surface area contributed by atoms with Gasteiger partial charge in [0.1, 0.15) is 24.0 Å². The van der Waals surface area contributed by atoms with E-state index >= 15 is 0 Å². The molecule has 3 rings (SSSR count). The Morgan fingerprint density at radius 3 is 2.50 bits per heavy atom. The van der Waals surface area contributed by atoms with E-state index in [4.69, 9.17) is 5.11 Å². The molecule has 1 heterocycles. The lowest BCUT2D eigenvalue weighted by molar-refractivity contribution is -0.134. The molecule has 0 amide bonds. The van der Waals surface area contributed by atoms with Crippen LogP contribution in [0, 0.1) is 11.6 Å². The van der Waals surface area contributed by atoms with Gasteiger partial charge in [0.05, 0.1) is 11.4 Å². The molecule has 0 fully saturated rings. The molecule has 3 aromatic rings. The molecule has 2 aromatic carbocycles. The molecule has 0 atom stereocenters. The van der Waals surface area contributed by atoms with Gasteiger partial charge in [0.25, 0.3) is 0 Å². The number of hydrogen-bond donors (Lipinski definition) is 3. The van der Waals surface area contributed by atoms with E-state index < -0.39 is 17.6 Å². The summed E-state index contributed by atoms with van der Waals surface area (Å²) in [5.74, 6) is -2.23. The average Bonchev–Trinajstić information content (AvgIpc) is 2.63. The molecule has 0 spiro atoms. The third-order valence-corrected chi connectivity index (χ3v) is 3.39. The van der Waals surface area contributed by atoms with E-state index in [9.17, 15) is 13.6 Å². The molecule has 0 unspecified atom stereocenters. The summed E-state index contributed by atoms with van der Waals surface area (Å²) < 4.78 is 26.9. The minimum Gasteiger partial charge on any atom is -0.480 e. The molecule has 0 aliphatic carbocycles. The quantitative estimate of drug-likeness (QED) is 0.625. The van der Waals surface area contributed by atoms with Crippen LogP contribution in [0.3, 0.4) is 0 Å². The highest BCUT2D eigenvalue weighted by Gasteiger charge is 2.10. The first kappa shape index (κ1) is 17.3. The number of nitrogens with zero attached hydrogens (tertiary/aromatic N) is 2. The van der Waals surface area contributed by atoms with Crippen LogP contribution in [0.15, 0.2) is 54.6 Å². The molecule has 6 nitrogen and oxygen atoms in total. The highest BCUT2D eigenvalue weighted by molar-refractivity contribution is 5.73. The van der Waals surface area contributed by atoms with E-state index in [1.54, 1.807) is 6.07 Å². The maximum atomic E-state index is 13.9. The number of anilines is 3. The summed E-state index contributed by atoms with van der Waals surface area (Å²) >= 11 is 0. The maximum Gasteiger partial charge on any atom is 0.322 e. The summed E-state index contributed by atoms with van der Waals surface area (Å²) in [5.41, 5.74) is 1.32. The van der Waals surface area contributed by atoms with Crippen LogP contribution in [0.2, 0.25) is 0 Å². The van der Waals surface area contributed by atoms with Crippen molar-refractivity contribution >= 4 is 23.4 Å². The largest absolute Gasteiger partial charge is 0.480 e. The lowest BCUT2D eigenvalue weighted by atomic mass is 10.1. The summed E-state index contributed by atoms with van der Waals surface area (Å²) in [4.78, 5) is 19.2. The first-order valence-electron chi connectivity index (χ1n) is 7.63. The van der Waals surface area contributed by atoms with Crippen molar-refractivity contribution in [3.05, 3.63) is 66.2 Å². The smallest absolute Gasteiger partial charge is 0.322 e. The number of rotatable bonds is 6. The molecule has 132 valence electrons. The molecule has 0 radical (unpaired) electrons. The molecule has 0 aliphatic rings. The molecule has 0 saturated carbocycles. The van der Waals surface area contributed by atoms with Gasteiger partial charge in [-0.2, -0.15) is 4.98 Å². The van der Waals surface area contributed by atoms with Crippen LogP contribution < -0.4 is 10.6 Å². The Morgan fingerprint density at radius 1 is 1.04 bits per heavy atom. The van der Waals surface area contributed by atoms with Crippen molar-refractivity contribution in [3.8, 4) is 11.3 Å². The lowest BCUT2D eigenvalue weighted by Gasteiger charge is -2.11. The second-order valence-corrected chi connectivity index (χ2v) is 5.32. The monoisotopic (exact) mass is 356 g/mol. The Kier molecular flexibility index (Phi) is 5.02. The second kappa shape index (κ2) is 7.56. The standard InChI is InChI=1S/C18H14F2N4O2/c19-12-6-7-14(13(20)8-12)22-16-9-15(11-4-2-1-3-5-11)23-18(24-16)21-10-17(25)26/h1-9H,10H2,(H,25,26)(H2,21,22,23,24). The van der Waals surface area contributed by atoms with Crippen molar-refractivity contribution in [1.29, 1.82) is 0 Å². The topological polar surface area (TPSA) is 87.1 Å². The van der Waals surface area contributed by atoms with Crippen LogP contribution in [0.4, 0.5) is 26.2 Å². The Balaban J connectivity index is 1.97. The molecule has 0 aliphatic heterocycles. The van der Waals surface area contributed by atoms with E-state index in [0.717, 1.165) is 17.7 Å². The number of carboxylic acids is 1. The van der Waals surface area contributed by atoms with Crippen LogP contribution >= 0.6 is 0 Å². The summed E-state index contributed by atoms with van der Waals surface area (Å²) in [6, 6.07) is 13.9. The van der Waals surface area contributed by atoms with Crippen molar-refractivity contribution in [3.63, 3.8) is 0 Å². The van der Waals surface area contributed by atoms with E-state index in [1.807, 2.05) is 30.3 Å². The number of benzene rings is 2. The van der Waals surface area contributed by atoms with Gasteiger partial charge in [0.15, 0.2) is 0 Å². The summed E-state index contributed by atoms with van der Waals surface area (Å²) in [6.07, 6.45) is 0. The molecular formula is C18H14F2N4O2. The fourth-order valence-electron chi connectivity index (χ4n) is 2.23. The maximum absolute atomic E-state index is 13.9. The molecule has 0 bridgehead atoms. The average molecular weight is 356 g/mol. The van der Waals surface area contributed by atoms with Crippen molar-refractivity contribution in [1.82, 2.24) is 9.97 Å². The van der Waals surface area contributed by atoms with Crippen molar-refractivity contribution in [2.24, 2.45) is 0 Å². The van der Waals surface area contributed by atoms with Gasteiger partial charge in [0.2, 0.25) is 5.95 Å². The van der Waals surface area contributed by atoms with Crippen LogP contribution in [-0.2, 0) is 4.79 Å². The predicted molar refractivity (Wildman–Crippen MR) is 93.2 cm³/mol. The second-order valence-electron chi connectivity index (χ2n) is 5.32. The third kappa shape index (κ3) is 4.29. The minimum absolute atomic E-state index is 0.0355. The number of nitrogens with one attached hydrogen (secondary N) is 2. The van der Waals surface area contributed by atoms with Gasteiger partial charge < -0.3 is 15.7 Å². The Hall–Kier alpha value is -3.55. The molecular weight excluding hydrogens is 342 g/mol. The van der Waals surface area contributed by atoms with Crippen LogP contribution in [0.25, 0.3) is 11.3 Å². The van der Waals surface area contributed by atoms with Crippen molar-refractivity contribution < 1.29 is 18.7 Å². The van der Waals surface area contributed by atoms with Gasteiger partial charge in [-0.25, -0.2) is 13.8 Å². The normalized spacial score (nSPS) is 10.4. The number of aromatic nitrogens is 2. The van der Waals surface area contributed by atoms with Gasteiger partial charge in [-0.1, -0.05) is 30.3 Å². The van der Waals surface area contributed by atoms with Crippen molar-refractivity contribution in [2.75, 3.05) is 17.2 Å². The number of carbonyl (C=O) groups is 1. The van der Waals surface area contributed by atoms with Gasteiger partial charge in [-0.05, 0) is 12.1 Å². The molecule has 3 N–H and O–H groups in total. The summed E-state index contributed by atoms with van der Waals surface area (Å²) in [6.45, 7) is -0.372. The Labute approximate surface area is 147 Å². The van der Waals surface area contributed by atoms with E-state index in [2.05, 4.69) is 20.6 Å². The van der Waals surface area contributed by atoms with E-state index in [-0.39, 0.29) is 24.0 Å². The minimum atomic E-state index is -1.07. The molecule has 1 aromatic heterocycles. The molecule has 0 saturated heterocycles. The highest BCUT2D eigenvalue weighted by Crippen LogP contribution is 2.25. The zero-order valence-electron chi connectivity index (χ0n) is 13.4. The molecule has 8 heteroatoms. The summed E-state index contributed by atoms with van der Waals surface area (Å²) in [5, 5.41) is 14.2. The van der Waals surface area contributed by atoms with Gasteiger partial charge in [0, 0.05) is 17.7 Å². The number of hydrogen-bond acceptors (Lipinski definition) is 5. The first-order chi connectivity index (χ1) is 12.5. The number of carboxylic acid groups (broad SMARTS) is 1. The zero-order chi connectivity index (χ0) is 18.5. The fraction of sp³-hybridized carbons (Fsp3) is 0.0556. The van der Waals surface area contributed by atoms with Crippen LogP contribution in [0.5, 0.6) is 0 Å². The third-order valence-electron chi connectivity index (χ3n) is 3.39. The Morgan fingerprint density at radius 2 is 1.81 bits per heavy atom. The number of aliphatic carboxylic acids is 1. The van der Waals surface area contributed by atoms with Gasteiger partial charge in [-0.3, -0.25) is 4.79 Å². The van der Waals surface area contributed by atoms with Crippen LogP contribution in [0.1, 0.15) is 0 Å². The first-order valence-corrected chi connectivity index (χ1v) is 7.63. The SMILES string of the molecule is O=C(O)CNc1nc(Nc2ccc(F)cc2F)cc(-c2ccccc2)n1. The van der Waals surface area contributed by atoms with Gasteiger partial charge >= 0.3 is 5.97 Å². The van der Waals surface area contributed by atoms with Crippen molar-refractivity contribution in [2.45, 2.75) is 0 Å². The number of halogens is 2. The summed E-state index contributed by atoms with van der Waals surface area (Å²) in [7, 11) is 0. The van der Waals surface area contributed by atoms with Crippen LogP contribution in [-0.4, -0.2) is 27.6 Å². The predicted octanol–water partition coefficient (Wildman–Crippen LogP) is 3.66. The highest BCUT2D eigenvalue weighted by atomic mass is 19.1. The fourth-order valence-corrected chi connectivity index (χ4v) is 2.23. The Bertz CT molecular complexity index is 936. The lowest BCUT2D eigenvalue weighted by Crippen LogP contribution is -2.15. The van der Waals surface area contributed by atoms with E-state index in [0.29, 0.717) is 5.69 Å². The van der Waals surface area contributed by atoms with Gasteiger partial charge in [-0.15, -0.1) is 0 Å².